The van der Waals surface area contributed by atoms with Gasteiger partial charge in [-0.3, -0.25) is 4.79 Å². The van der Waals surface area contributed by atoms with Gasteiger partial charge in [0.2, 0.25) is 0 Å². The van der Waals surface area contributed by atoms with Crippen LogP contribution in [0.5, 0.6) is 0 Å². The Labute approximate surface area is 88.6 Å². The molecule has 1 aromatic rings. The Morgan fingerprint density at radius 2 is 2.33 bits per heavy atom. The van der Waals surface area contributed by atoms with Crippen LogP contribution in [0, 0.1) is 11.7 Å². The van der Waals surface area contributed by atoms with E-state index in [-0.39, 0.29) is 17.5 Å². The molecule has 0 saturated carbocycles. The van der Waals surface area contributed by atoms with Gasteiger partial charge in [0, 0.05) is 11.5 Å². The van der Waals surface area contributed by atoms with E-state index in [9.17, 15) is 9.18 Å². The molecule has 2 rings (SSSR count). The lowest BCUT2D eigenvalue weighted by molar-refractivity contribution is 0.0938. The molecule has 1 aliphatic rings. The Balaban J connectivity index is 2.25. The summed E-state index contributed by atoms with van der Waals surface area (Å²) in [6.45, 7) is 1.94. The Bertz CT molecular complexity index is 421. The van der Waals surface area contributed by atoms with E-state index in [0.29, 0.717) is 12.0 Å². The molecule has 0 aromatic heterocycles. The van der Waals surface area contributed by atoms with Crippen LogP contribution in [0.15, 0.2) is 30.4 Å². The van der Waals surface area contributed by atoms with Gasteiger partial charge in [-0.05, 0) is 43.5 Å². The number of fused-ring (bicyclic) bond motifs is 1. The zero-order chi connectivity index (χ0) is 10.8. The van der Waals surface area contributed by atoms with Gasteiger partial charge in [-0.25, -0.2) is 4.39 Å². The van der Waals surface area contributed by atoms with E-state index in [0.717, 1.165) is 12.0 Å². The van der Waals surface area contributed by atoms with Crippen molar-refractivity contribution in [1.29, 1.82) is 0 Å². The SMILES string of the molecule is CC=CCC1Cc2cc(F)ccc2C1=O. The van der Waals surface area contributed by atoms with Gasteiger partial charge in [-0.15, -0.1) is 0 Å². The summed E-state index contributed by atoms with van der Waals surface area (Å²) in [5.41, 5.74) is 1.56. The zero-order valence-electron chi connectivity index (χ0n) is 8.66. The largest absolute Gasteiger partial charge is 0.294 e. The van der Waals surface area contributed by atoms with Gasteiger partial charge in [0.25, 0.3) is 0 Å². The average Bonchev–Trinajstić information content (AvgIpc) is 2.52. The molecule has 2 heteroatoms. The van der Waals surface area contributed by atoms with E-state index >= 15 is 0 Å². The van der Waals surface area contributed by atoms with Crippen molar-refractivity contribution in [2.75, 3.05) is 0 Å². The molecule has 0 radical (unpaired) electrons. The van der Waals surface area contributed by atoms with Crippen LogP contribution in [0.2, 0.25) is 0 Å². The smallest absolute Gasteiger partial charge is 0.166 e. The lowest BCUT2D eigenvalue weighted by Gasteiger charge is -2.01. The van der Waals surface area contributed by atoms with Crippen LogP contribution in [-0.2, 0) is 6.42 Å². The maximum Gasteiger partial charge on any atom is 0.166 e. The third kappa shape index (κ3) is 1.84. The number of ketones is 1. The predicted octanol–water partition coefficient (Wildman–Crippen LogP) is 3.15. The summed E-state index contributed by atoms with van der Waals surface area (Å²) < 4.78 is 12.9. The molecule has 0 amide bonds. The first kappa shape index (κ1) is 10.1. The van der Waals surface area contributed by atoms with Crippen molar-refractivity contribution in [2.45, 2.75) is 19.8 Å². The molecule has 1 aliphatic carbocycles. The maximum atomic E-state index is 12.9. The number of allylic oxidation sites excluding steroid dienone is 2. The molecule has 0 heterocycles. The number of carbonyl (C=O) groups excluding carboxylic acids is 1. The highest BCUT2D eigenvalue weighted by molar-refractivity contribution is 6.02. The van der Waals surface area contributed by atoms with Crippen LogP contribution in [0.3, 0.4) is 0 Å². The first-order valence-electron chi connectivity index (χ1n) is 5.16. The summed E-state index contributed by atoms with van der Waals surface area (Å²) in [5.74, 6) is -0.0886. The molecule has 0 fully saturated rings. The van der Waals surface area contributed by atoms with Crippen molar-refractivity contribution in [3.8, 4) is 0 Å². The van der Waals surface area contributed by atoms with Crippen LogP contribution < -0.4 is 0 Å². The second-order valence-electron chi connectivity index (χ2n) is 3.87. The highest BCUT2D eigenvalue weighted by atomic mass is 19.1. The van der Waals surface area contributed by atoms with Crippen molar-refractivity contribution in [2.24, 2.45) is 5.92 Å². The maximum absolute atomic E-state index is 12.9. The van der Waals surface area contributed by atoms with Crippen LogP contribution in [0.4, 0.5) is 4.39 Å². The standard InChI is InChI=1S/C13H13FO/c1-2-3-4-9-7-10-8-11(14)5-6-12(10)13(9)15/h2-3,5-6,8-9H,4,7H2,1H3. The van der Waals surface area contributed by atoms with E-state index in [1.165, 1.54) is 12.1 Å². The van der Waals surface area contributed by atoms with E-state index in [4.69, 9.17) is 0 Å². The van der Waals surface area contributed by atoms with Gasteiger partial charge in [0.1, 0.15) is 5.82 Å². The van der Waals surface area contributed by atoms with Gasteiger partial charge in [-0.1, -0.05) is 12.2 Å². The molecular formula is C13H13FO. The van der Waals surface area contributed by atoms with Crippen molar-refractivity contribution in [1.82, 2.24) is 0 Å². The molecule has 78 valence electrons. The van der Waals surface area contributed by atoms with Crippen molar-refractivity contribution in [3.05, 3.63) is 47.3 Å². The quantitative estimate of drug-likeness (QED) is 0.676. The predicted molar refractivity (Wildman–Crippen MR) is 57.4 cm³/mol. The lowest BCUT2D eigenvalue weighted by Crippen LogP contribution is -2.07. The second kappa shape index (κ2) is 3.97. The molecule has 15 heavy (non-hydrogen) atoms. The number of rotatable bonds is 2. The molecule has 0 bridgehead atoms. The van der Waals surface area contributed by atoms with Gasteiger partial charge in [0.05, 0.1) is 0 Å². The van der Waals surface area contributed by atoms with Gasteiger partial charge < -0.3 is 0 Å². The zero-order valence-corrected chi connectivity index (χ0v) is 8.66. The highest BCUT2D eigenvalue weighted by Gasteiger charge is 2.29. The van der Waals surface area contributed by atoms with Crippen molar-refractivity contribution >= 4 is 5.78 Å². The molecule has 1 unspecified atom stereocenters. The molecule has 0 saturated heterocycles. The van der Waals surface area contributed by atoms with E-state index < -0.39 is 0 Å². The third-order valence-electron chi connectivity index (χ3n) is 2.83. The fourth-order valence-corrected chi connectivity index (χ4v) is 2.04. The van der Waals surface area contributed by atoms with E-state index in [2.05, 4.69) is 0 Å². The lowest BCUT2D eigenvalue weighted by atomic mass is 10.0. The van der Waals surface area contributed by atoms with Crippen LogP contribution in [0.25, 0.3) is 0 Å². The molecule has 1 aromatic carbocycles. The normalized spacial score (nSPS) is 19.9. The molecule has 1 nitrogen and oxygen atoms in total. The molecule has 0 aliphatic heterocycles. The molecule has 0 N–H and O–H groups in total. The summed E-state index contributed by atoms with van der Waals surface area (Å²) in [7, 11) is 0. The summed E-state index contributed by atoms with van der Waals surface area (Å²) in [4.78, 5) is 11.9. The van der Waals surface area contributed by atoms with Crippen molar-refractivity contribution in [3.63, 3.8) is 0 Å². The molecular weight excluding hydrogens is 191 g/mol. The molecule has 0 spiro atoms. The van der Waals surface area contributed by atoms with E-state index in [1.807, 2.05) is 19.1 Å². The van der Waals surface area contributed by atoms with Gasteiger partial charge in [0.15, 0.2) is 5.78 Å². The minimum absolute atomic E-state index is 0.0120. The van der Waals surface area contributed by atoms with Gasteiger partial charge >= 0.3 is 0 Å². The third-order valence-corrected chi connectivity index (χ3v) is 2.83. The monoisotopic (exact) mass is 204 g/mol. The number of benzene rings is 1. The second-order valence-corrected chi connectivity index (χ2v) is 3.87. The highest BCUT2D eigenvalue weighted by Crippen LogP contribution is 2.29. The van der Waals surface area contributed by atoms with Crippen molar-refractivity contribution < 1.29 is 9.18 Å². The number of hydrogen-bond acceptors (Lipinski definition) is 1. The van der Waals surface area contributed by atoms with Crippen LogP contribution >= 0.6 is 0 Å². The first-order chi connectivity index (χ1) is 7.22. The summed E-state index contributed by atoms with van der Waals surface area (Å²) in [5, 5.41) is 0. The molecule has 1 atom stereocenters. The number of Topliss-reactive ketones (excluding diaryl/α,β-unsaturated/α-hetero) is 1. The number of carbonyl (C=O) groups is 1. The minimum Gasteiger partial charge on any atom is -0.294 e. The Kier molecular flexibility index (Phi) is 2.67. The van der Waals surface area contributed by atoms with Crippen LogP contribution in [0.1, 0.15) is 29.3 Å². The van der Waals surface area contributed by atoms with Gasteiger partial charge in [-0.2, -0.15) is 0 Å². The Morgan fingerprint density at radius 1 is 1.53 bits per heavy atom. The Hall–Kier alpha value is -1.44. The summed E-state index contributed by atoms with van der Waals surface area (Å²) in [6.07, 6.45) is 5.36. The number of halogens is 1. The average molecular weight is 204 g/mol. The summed E-state index contributed by atoms with van der Waals surface area (Å²) in [6, 6.07) is 4.43. The summed E-state index contributed by atoms with van der Waals surface area (Å²) >= 11 is 0. The Morgan fingerprint density at radius 3 is 3.07 bits per heavy atom. The first-order valence-corrected chi connectivity index (χ1v) is 5.16. The van der Waals surface area contributed by atoms with E-state index in [1.54, 1.807) is 6.07 Å². The topological polar surface area (TPSA) is 17.1 Å². The number of hydrogen-bond donors (Lipinski definition) is 0. The minimum atomic E-state index is -0.256. The van der Waals surface area contributed by atoms with Crippen LogP contribution in [-0.4, -0.2) is 5.78 Å². The fourth-order valence-electron chi connectivity index (χ4n) is 2.04. The fraction of sp³-hybridized carbons (Fsp3) is 0.308.